The van der Waals surface area contributed by atoms with Gasteiger partial charge in [0, 0.05) is 58.5 Å². The van der Waals surface area contributed by atoms with Gasteiger partial charge in [0.2, 0.25) is 17.7 Å². The molecule has 0 unspecified atom stereocenters. The zero-order valence-electron chi connectivity index (χ0n) is 25.1. The van der Waals surface area contributed by atoms with Crippen LogP contribution in [0.4, 0.5) is 0 Å². The number of carbonyl (C=O) groups is 3. The van der Waals surface area contributed by atoms with E-state index in [0.717, 1.165) is 11.1 Å². The van der Waals surface area contributed by atoms with Crippen molar-refractivity contribution in [1.82, 2.24) is 24.9 Å². The largest absolute Gasteiger partial charge is 0.493 e. The lowest BCUT2D eigenvalue weighted by Gasteiger charge is -2.25. The van der Waals surface area contributed by atoms with Crippen molar-refractivity contribution in [2.45, 2.75) is 44.6 Å². The van der Waals surface area contributed by atoms with Crippen molar-refractivity contribution in [2.24, 2.45) is 0 Å². The monoisotopic (exact) mass is 605 g/mol. The van der Waals surface area contributed by atoms with Crippen LogP contribution in [0.2, 0.25) is 0 Å². The number of aryl methyl sites for hydroxylation is 2. The number of methoxy groups -OCH3 is 2. The third kappa shape index (κ3) is 8.14. The Labute approximate surface area is 256 Å². The zero-order chi connectivity index (χ0) is 30.9. The summed E-state index contributed by atoms with van der Waals surface area (Å²) in [6, 6.07) is 14.5. The summed E-state index contributed by atoms with van der Waals surface area (Å²) in [5.41, 5.74) is 1.78. The highest BCUT2D eigenvalue weighted by Gasteiger charge is 2.37. The molecule has 1 N–H and O–H groups in total. The fourth-order valence-electron chi connectivity index (χ4n) is 5.40. The van der Waals surface area contributed by atoms with E-state index in [2.05, 4.69) is 10.4 Å². The molecule has 1 aromatic heterocycles. The maximum Gasteiger partial charge on any atom is 0.239 e. The average molecular weight is 606 g/mol. The second-order valence-corrected chi connectivity index (χ2v) is 10.9. The Morgan fingerprint density at radius 1 is 1.05 bits per heavy atom. The van der Waals surface area contributed by atoms with Crippen LogP contribution in [0.5, 0.6) is 17.2 Å². The SMILES string of the molecule is COCCN1CC(=O)N[C@H]2CN(C(=O)CCn3cccn3)C[C@@H]2OCc2cccc(c2)Oc2cc(ccc2OC)CCC1=O. The molecule has 44 heavy (non-hydrogen) atoms. The molecular weight excluding hydrogens is 566 g/mol. The molecule has 234 valence electrons. The number of ether oxygens (including phenoxy) is 4. The molecule has 3 amide bonds. The molecular formula is C32H39N5O7. The number of nitrogens with one attached hydrogen (secondary N) is 1. The minimum atomic E-state index is -0.448. The van der Waals surface area contributed by atoms with E-state index in [4.69, 9.17) is 18.9 Å². The first-order chi connectivity index (χ1) is 21.4. The summed E-state index contributed by atoms with van der Waals surface area (Å²) in [5.74, 6) is 1.18. The summed E-state index contributed by atoms with van der Waals surface area (Å²) < 4.78 is 25.0. The van der Waals surface area contributed by atoms with Crippen LogP contribution in [0.1, 0.15) is 24.0 Å². The maximum atomic E-state index is 13.3. The Morgan fingerprint density at radius 2 is 1.93 bits per heavy atom. The molecule has 0 aliphatic carbocycles. The van der Waals surface area contributed by atoms with Crippen molar-refractivity contribution in [2.75, 3.05) is 47.0 Å². The van der Waals surface area contributed by atoms with Gasteiger partial charge in [0.25, 0.3) is 0 Å². The molecule has 0 spiro atoms. The van der Waals surface area contributed by atoms with Crippen LogP contribution in [-0.2, 0) is 43.4 Å². The van der Waals surface area contributed by atoms with Crippen molar-refractivity contribution in [3.8, 4) is 17.2 Å². The summed E-state index contributed by atoms with van der Waals surface area (Å²) in [7, 11) is 3.13. The van der Waals surface area contributed by atoms with Crippen LogP contribution in [0.3, 0.4) is 0 Å². The number of carbonyl (C=O) groups excluding carboxylic acids is 3. The van der Waals surface area contributed by atoms with E-state index in [-0.39, 0.29) is 50.3 Å². The molecule has 3 heterocycles. The molecule has 1 fully saturated rings. The van der Waals surface area contributed by atoms with E-state index in [1.54, 1.807) is 30.0 Å². The second-order valence-electron chi connectivity index (χ2n) is 10.9. The van der Waals surface area contributed by atoms with Gasteiger partial charge in [-0.1, -0.05) is 18.2 Å². The van der Waals surface area contributed by atoms with Crippen molar-refractivity contribution >= 4 is 17.7 Å². The number of rotatable bonds is 7. The van der Waals surface area contributed by atoms with E-state index in [9.17, 15) is 14.4 Å². The lowest BCUT2D eigenvalue weighted by Crippen LogP contribution is -2.49. The quantitative estimate of drug-likeness (QED) is 0.436. The van der Waals surface area contributed by atoms with Gasteiger partial charge in [-0.3, -0.25) is 19.1 Å². The van der Waals surface area contributed by atoms with Crippen molar-refractivity contribution in [1.29, 1.82) is 0 Å². The number of fused-ring (bicyclic) bond motifs is 5. The third-order valence-corrected chi connectivity index (χ3v) is 7.78. The Balaban J connectivity index is 1.38. The van der Waals surface area contributed by atoms with Gasteiger partial charge in [-0.15, -0.1) is 0 Å². The average Bonchev–Trinajstić information content (AvgIpc) is 3.70. The van der Waals surface area contributed by atoms with Crippen molar-refractivity contribution < 1.29 is 33.3 Å². The topological polar surface area (TPSA) is 124 Å². The fraction of sp³-hybridized carbons (Fsp3) is 0.438. The number of aromatic nitrogens is 2. The first-order valence-corrected chi connectivity index (χ1v) is 14.8. The highest BCUT2D eigenvalue weighted by atomic mass is 16.5. The predicted octanol–water partition coefficient (Wildman–Crippen LogP) is 2.41. The summed E-state index contributed by atoms with van der Waals surface area (Å²) in [6.07, 6.45) is 3.97. The van der Waals surface area contributed by atoms with E-state index < -0.39 is 12.1 Å². The highest BCUT2D eigenvalue weighted by Crippen LogP contribution is 2.33. The highest BCUT2D eigenvalue weighted by molar-refractivity contribution is 5.85. The number of nitrogens with zero attached hydrogens (tertiary/aromatic N) is 4. The Morgan fingerprint density at radius 3 is 2.73 bits per heavy atom. The summed E-state index contributed by atoms with van der Waals surface area (Å²) in [4.78, 5) is 42.9. The minimum Gasteiger partial charge on any atom is -0.493 e. The normalized spacial score (nSPS) is 19.4. The molecule has 2 aliphatic rings. The van der Waals surface area contributed by atoms with Gasteiger partial charge in [-0.05, 0) is 47.9 Å². The zero-order valence-corrected chi connectivity index (χ0v) is 25.1. The van der Waals surface area contributed by atoms with Crippen LogP contribution >= 0.6 is 0 Å². The van der Waals surface area contributed by atoms with Gasteiger partial charge in [-0.25, -0.2) is 0 Å². The smallest absolute Gasteiger partial charge is 0.239 e. The number of benzene rings is 2. The molecule has 2 aliphatic heterocycles. The fourth-order valence-corrected chi connectivity index (χ4v) is 5.40. The van der Waals surface area contributed by atoms with Crippen LogP contribution in [0, 0.1) is 0 Å². The van der Waals surface area contributed by atoms with Gasteiger partial charge in [-0.2, -0.15) is 5.10 Å². The van der Waals surface area contributed by atoms with Crippen molar-refractivity contribution in [3.05, 3.63) is 72.1 Å². The van der Waals surface area contributed by atoms with E-state index in [0.29, 0.717) is 49.9 Å². The Hall–Kier alpha value is -4.42. The van der Waals surface area contributed by atoms with E-state index >= 15 is 0 Å². The summed E-state index contributed by atoms with van der Waals surface area (Å²) in [6.45, 7) is 1.79. The Kier molecular flexibility index (Phi) is 10.5. The molecule has 12 nitrogen and oxygen atoms in total. The first-order valence-electron chi connectivity index (χ1n) is 14.8. The molecule has 0 saturated carbocycles. The third-order valence-electron chi connectivity index (χ3n) is 7.78. The first kappa shape index (κ1) is 31.0. The minimum absolute atomic E-state index is 0.0489. The molecule has 4 bridgehead atoms. The van der Waals surface area contributed by atoms with Crippen LogP contribution < -0.4 is 14.8 Å². The van der Waals surface area contributed by atoms with E-state index in [1.165, 1.54) is 4.90 Å². The summed E-state index contributed by atoms with van der Waals surface area (Å²) in [5, 5.41) is 7.21. The maximum absolute atomic E-state index is 13.3. The standard InChI is InChI=1S/C32H39N5O7/c1-41-16-15-35-21-30(38)34-26-19-36(32(40)11-14-37-13-4-12-33-37)20-29(26)43-22-24-5-3-6-25(17-24)44-28-18-23(8-10-31(35)39)7-9-27(28)42-2/h3-7,9,12-13,17-18,26,29H,8,10-11,14-16,19-22H2,1-2H3,(H,34,38)/t26-,29-/m0/s1. The lowest BCUT2D eigenvalue weighted by atomic mass is 10.1. The number of hydrogen-bond donors (Lipinski definition) is 1. The van der Waals surface area contributed by atoms with Gasteiger partial charge < -0.3 is 34.1 Å². The molecule has 12 heteroatoms. The predicted molar refractivity (Wildman–Crippen MR) is 160 cm³/mol. The van der Waals surface area contributed by atoms with Crippen LogP contribution in [-0.4, -0.2) is 96.5 Å². The van der Waals surface area contributed by atoms with Gasteiger partial charge in [0.05, 0.1) is 39.0 Å². The molecule has 1 saturated heterocycles. The lowest BCUT2D eigenvalue weighted by molar-refractivity contribution is -0.137. The van der Waals surface area contributed by atoms with Gasteiger partial charge >= 0.3 is 0 Å². The number of amides is 3. The molecule has 3 aromatic rings. The van der Waals surface area contributed by atoms with E-state index in [1.807, 2.05) is 54.7 Å². The second kappa shape index (κ2) is 14.8. The molecule has 2 atom stereocenters. The molecule has 5 rings (SSSR count). The van der Waals surface area contributed by atoms with Gasteiger partial charge in [0.15, 0.2) is 11.5 Å². The molecule has 0 radical (unpaired) electrons. The number of hydrogen-bond acceptors (Lipinski definition) is 8. The summed E-state index contributed by atoms with van der Waals surface area (Å²) >= 11 is 0. The molecule has 2 aromatic carbocycles. The van der Waals surface area contributed by atoms with Gasteiger partial charge in [0.1, 0.15) is 5.75 Å². The number of likely N-dealkylation sites (tertiary alicyclic amines) is 1. The van der Waals surface area contributed by atoms with Crippen molar-refractivity contribution in [3.63, 3.8) is 0 Å². The Bertz CT molecular complexity index is 1430. The van der Waals surface area contributed by atoms with Crippen LogP contribution in [0.15, 0.2) is 60.9 Å². The van der Waals surface area contributed by atoms with Crippen LogP contribution in [0.25, 0.3) is 0 Å².